The van der Waals surface area contributed by atoms with Crippen LogP contribution in [0.1, 0.15) is 24.5 Å². The topological polar surface area (TPSA) is 82.0 Å². The van der Waals surface area contributed by atoms with Gasteiger partial charge in [0, 0.05) is 23.8 Å². The van der Waals surface area contributed by atoms with Crippen molar-refractivity contribution in [3.05, 3.63) is 53.6 Å². The molecule has 5 heteroatoms. The number of aliphatic carboxylic acids is 1. The highest BCUT2D eigenvalue weighted by Gasteiger charge is 2.01. The first-order chi connectivity index (χ1) is 11.1. The van der Waals surface area contributed by atoms with Gasteiger partial charge in [-0.2, -0.15) is 0 Å². The fourth-order valence-corrected chi connectivity index (χ4v) is 2.03. The van der Waals surface area contributed by atoms with Crippen LogP contribution in [0, 0.1) is 0 Å². The second-order valence-electron chi connectivity index (χ2n) is 4.95. The molecule has 0 radical (unpaired) electrons. The lowest BCUT2D eigenvalue weighted by molar-refractivity contribution is -0.305. The number of hydrogen-bond acceptors (Lipinski definition) is 5. The summed E-state index contributed by atoms with van der Waals surface area (Å²) in [6.07, 6.45) is 2.01. The SMILES string of the molecule is CCOc1ccc(C=Nc2ccc(CCC(=O)[O-])cc2)c(O)c1. The minimum atomic E-state index is -1.06. The minimum Gasteiger partial charge on any atom is -0.550 e. The number of phenols is 1. The Morgan fingerprint density at radius 3 is 2.61 bits per heavy atom. The Morgan fingerprint density at radius 1 is 1.26 bits per heavy atom. The van der Waals surface area contributed by atoms with Crippen molar-refractivity contribution < 1.29 is 19.7 Å². The average Bonchev–Trinajstić information content (AvgIpc) is 2.53. The molecule has 0 spiro atoms. The van der Waals surface area contributed by atoms with Gasteiger partial charge in [0.05, 0.1) is 12.3 Å². The molecule has 0 saturated carbocycles. The van der Waals surface area contributed by atoms with Crippen LogP contribution in [-0.2, 0) is 11.2 Å². The zero-order valence-electron chi connectivity index (χ0n) is 12.9. The van der Waals surface area contributed by atoms with Gasteiger partial charge >= 0.3 is 0 Å². The Bertz CT molecular complexity index is 693. The summed E-state index contributed by atoms with van der Waals surface area (Å²) in [5, 5.41) is 20.4. The molecule has 0 aliphatic carbocycles. The summed E-state index contributed by atoms with van der Waals surface area (Å²) in [5.74, 6) is -0.345. The average molecular weight is 312 g/mol. The zero-order chi connectivity index (χ0) is 16.7. The van der Waals surface area contributed by atoms with E-state index in [0.29, 0.717) is 24.3 Å². The van der Waals surface area contributed by atoms with E-state index in [4.69, 9.17) is 4.74 Å². The Labute approximate surface area is 134 Å². The van der Waals surface area contributed by atoms with Crippen LogP contribution in [0.15, 0.2) is 47.5 Å². The normalized spacial score (nSPS) is 10.8. The number of aromatic hydroxyl groups is 1. The molecule has 2 aromatic carbocycles. The maximum atomic E-state index is 10.4. The van der Waals surface area contributed by atoms with Crippen molar-refractivity contribution in [1.82, 2.24) is 0 Å². The number of nitrogens with zero attached hydrogens (tertiary/aromatic N) is 1. The number of carboxylic acid groups (broad SMARTS) is 1. The predicted molar refractivity (Wildman–Crippen MR) is 86.3 cm³/mol. The Balaban J connectivity index is 2.03. The van der Waals surface area contributed by atoms with Crippen molar-refractivity contribution in [3.8, 4) is 11.5 Å². The summed E-state index contributed by atoms with van der Waals surface area (Å²) in [6, 6.07) is 12.3. The predicted octanol–water partition coefficient (Wildman–Crippen LogP) is 2.22. The van der Waals surface area contributed by atoms with E-state index in [1.54, 1.807) is 36.5 Å². The molecule has 0 aromatic heterocycles. The van der Waals surface area contributed by atoms with Crippen molar-refractivity contribution in [1.29, 1.82) is 0 Å². The molecule has 0 unspecified atom stereocenters. The first kappa shape index (κ1) is 16.5. The van der Waals surface area contributed by atoms with E-state index in [9.17, 15) is 15.0 Å². The van der Waals surface area contributed by atoms with Crippen molar-refractivity contribution in [2.75, 3.05) is 6.61 Å². The molecular formula is C18H18NO4-. The molecule has 0 bridgehead atoms. The standard InChI is InChI=1S/C18H19NO4/c1-2-23-16-9-6-14(17(20)11-16)12-19-15-7-3-13(4-8-15)5-10-18(21)22/h3-4,6-9,11-12,20H,2,5,10H2,1H3,(H,21,22)/p-1. The van der Waals surface area contributed by atoms with Crippen molar-refractivity contribution in [2.24, 2.45) is 4.99 Å². The van der Waals surface area contributed by atoms with Gasteiger partial charge in [-0.05, 0) is 49.6 Å². The molecule has 120 valence electrons. The molecular weight excluding hydrogens is 294 g/mol. The third-order valence-corrected chi connectivity index (χ3v) is 3.22. The van der Waals surface area contributed by atoms with Crippen LogP contribution < -0.4 is 9.84 Å². The summed E-state index contributed by atoms with van der Waals surface area (Å²) >= 11 is 0. The van der Waals surface area contributed by atoms with Crippen LogP contribution in [0.3, 0.4) is 0 Å². The molecule has 0 aliphatic heterocycles. The van der Waals surface area contributed by atoms with E-state index in [2.05, 4.69) is 4.99 Å². The maximum Gasteiger partial charge on any atom is 0.128 e. The smallest absolute Gasteiger partial charge is 0.128 e. The molecule has 1 N–H and O–H groups in total. The highest BCUT2D eigenvalue weighted by atomic mass is 16.5. The first-order valence-corrected chi connectivity index (χ1v) is 7.37. The number of rotatable bonds is 7. The van der Waals surface area contributed by atoms with E-state index < -0.39 is 5.97 Å². The highest BCUT2D eigenvalue weighted by Crippen LogP contribution is 2.23. The Morgan fingerprint density at radius 2 is 2.00 bits per heavy atom. The maximum absolute atomic E-state index is 10.4. The number of carbonyl (C=O) groups is 1. The van der Waals surface area contributed by atoms with Gasteiger partial charge in [-0.3, -0.25) is 4.99 Å². The summed E-state index contributed by atoms with van der Waals surface area (Å²) < 4.78 is 5.31. The number of carbonyl (C=O) groups excluding carboxylic acids is 1. The zero-order valence-corrected chi connectivity index (χ0v) is 12.9. The summed E-state index contributed by atoms with van der Waals surface area (Å²) in [6.45, 7) is 2.42. The van der Waals surface area contributed by atoms with Crippen molar-refractivity contribution in [3.63, 3.8) is 0 Å². The monoisotopic (exact) mass is 312 g/mol. The molecule has 5 nitrogen and oxygen atoms in total. The molecule has 2 aromatic rings. The minimum absolute atomic E-state index is 0.00265. The summed E-state index contributed by atoms with van der Waals surface area (Å²) in [7, 11) is 0. The lowest BCUT2D eigenvalue weighted by atomic mass is 10.1. The van der Waals surface area contributed by atoms with E-state index in [-0.39, 0.29) is 12.2 Å². The lowest BCUT2D eigenvalue weighted by Gasteiger charge is -2.05. The molecule has 0 aliphatic rings. The molecule has 0 atom stereocenters. The van der Waals surface area contributed by atoms with Gasteiger partial charge in [-0.1, -0.05) is 12.1 Å². The number of aryl methyl sites for hydroxylation is 1. The van der Waals surface area contributed by atoms with E-state index >= 15 is 0 Å². The van der Waals surface area contributed by atoms with Gasteiger partial charge in [-0.25, -0.2) is 0 Å². The number of phenolic OH excluding ortho intramolecular Hbond substituents is 1. The third-order valence-electron chi connectivity index (χ3n) is 3.22. The molecule has 23 heavy (non-hydrogen) atoms. The number of aliphatic imine (C=N–C) groups is 1. The van der Waals surface area contributed by atoms with E-state index in [1.807, 2.05) is 19.1 Å². The summed E-state index contributed by atoms with van der Waals surface area (Å²) in [4.78, 5) is 14.7. The fourth-order valence-electron chi connectivity index (χ4n) is 2.03. The molecule has 0 amide bonds. The molecule has 0 heterocycles. The van der Waals surface area contributed by atoms with Crippen molar-refractivity contribution >= 4 is 17.9 Å². The Hall–Kier alpha value is -2.82. The number of carboxylic acids is 1. The van der Waals surface area contributed by atoms with Crippen LogP contribution in [-0.4, -0.2) is 23.9 Å². The highest BCUT2D eigenvalue weighted by molar-refractivity contribution is 5.85. The second kappa shape index (κ2) is 7.98. The van der Waals surface area contributed by atoms with Crippen LogP contribution in [0.4, 0.5) is 5.69 Å². The van der Waals surface area contributed by atoms with Crippen LogP contribution in [0.5, 0.6) is 11.5 Å². The quantitative estimate of drug-likeness (QED) is 0.795. The number of benzene rings is 2. The van der Waals surface area contributed by atoms with E-state index in [0.717, 1.165) is 11.3 Å². The second-order valence-corrected chi connectivity index (χ2v) is 4.95. The molecule has 2 rings (SSSR count). The fraction of sp³-hybridized carbons (Fsp3) is 0.222. The van der Waals surface area contributed by atoms with E-state index in [1.165, 1.54) is 0 Å². The van der Waals surface area contributed by atoms with Gasteiger partial charge in [0.15, 0.2) is 0 Å². The van der Waals surface area contributed by atoms with Gasteiger partial charge in [0.1, 0.15) is 11.5 Å². The van der Waals surface area contributed by atoms with Crippen LogP contribution in [0.25, 0.3) is 0 Å². The van der Waals surface area contributed by atoms with Crippen molar-refractivity contribution in [2.45, 2.75) is 19.8 Å². The van der Waals surface area contributed by atoms with Gasteiger partial charge in [0.25, 0.3) is 0 Å². The van der Waals surface area contributed by atoms with Gasteiger partial charge < -0.3 is 19.7 Å². The van der Waals surface area contributed by atoms with Crippen LogP contribution in [0.2, 0.25) is 0 Å². The molecule has 0 fully saturated rings. The largest absolute Gasteiger partial charge is 0.550 e. The van der Waals surface area contributed by atoms with Crippen LogP contribution >= 0.6 is 0 Å². The van der Waals surface area contributed by atoms with Gasteiger partial charge in [0.2, 0.25) is 0 Å². The number of hydrogen-bond donors (Lipinski definition) is 1. The summed E-state index contributed by atoms with van der Waals surface area (Å²) in [5.41, 5.74) is 2.22. The molecule has 0 saturated heterocycles. The number of ether oxygens (including phenoxy) is 1. The van der Waals surface area contributed by atoms with Gasteiger partial charge in [-0.15, -0.1) is 0 Å². The lowest BCUT2D eigenvalue weighted by Crippen LogP contribution is -2.22. The first-order valence-electron chi connectivity index (χ1n) is 7.37. The third kappa shape index (κ3) is 5.14. The Kier molecular flexibility index (Phi) is 5.74.